The summed E-state index contributed by atoms with van der Waals surface area (Å²) < 4.78 is 0.858. The van der Waals surface area contributed by atoms with Crippen molar-refractivity contribution in [2.45, 2.75) is 49.1 Å². The lowest BCUT2D eigenvalue weighted by Crippen LogP contribution is -2.37. The zero-order chi connectivity index (χ0) is 14.4. The Hall–Kier alpha value is -0.820. The number of hydrogen-bond acceptors (Lipinski definition) is 6. The largest absolute Gasteiger partial charge is 0.360 e. The van der Waals surface area contributed by atoms with E-state index < -0.39 is 0 Å². The highest BCUT2D eigenvalue weighted by atomic mass is 32.2. The van der Waals surface area contributed by atoms with Crippen LogP contribution < -0.4 is 5.32 Å². The van der Waals surface area contributed by atoms with Crippen LogP contribution in [0.2, 0.25) is 0 Å². The number of aromatic nitrogens is 2. The van der Waals surface area contributed by atoms with Crippen molar-refractivity contribution in [3.05, 3.63) is 0 Å². The summed E-state index contributed by atoms with van der Waals surface area (Å²) in [5.41, 5.74) is 0. The lowest BCUT2D eigenvalue weighted by molar-refractivity contribution is -0.130. The van der Waals surface area contributed by atoms with Crippen LogP contribution in [0.15, 0.2) is 4.34 Å². The summed E-state index contributed by atoms with van der Waals surface area (Å²) >= 11 is 3.03. The SMILES string of the molecule is CCNc1nnc(S[C@H](C)C(=O)N2CCCCCC2)s1. The van der Waals surface area contributed by atoms with Crippen LogP contribution in [0.25, 0.3) is 0 Å². The molecule has 1 aromatic rings. The fourth-order valence-electron chi connectivity index (χ4n) is 2.23. The summed E-state index contributed by atoms with van der Waals surface area (Å²) in [6.07, 6.45) is 4.75. The first-order valence-corrected chi connectivity index (χ1v) is 8.93. The van der Waals surface area contributed by atoms with E-state index in [1.165, 1.54) is 35.9 Å². The van der Waals surface area contributed by atoms with Gasteiger partial charge >= 0.3 is 0 Å². The van der Waals surface area contributed by atoms with Crippen LogP contribution in [-0.2, 0) is 4.79 Å². The molecule has 0 aliphatic carbocycles. The maximum Gasteiger partial charge on any atom is 0.235 e. The Morgan fingerprint density at radius 3 is 2.70 bits per heavy atom. The number of carbonyl (C=O) groups is 1. The summed E-state index contributed by atoms with van der Waals surface area (Å²) in [4.78, 5) is 14.4. The van der Waals surface area contributed by atoms with Crippen molar-refractivity contribution >= 4 is 34.1 Å². The average Bonchev–Trinajstić information content (AvgIpc) is 2.72. The summed E-state index contributed by atoms with van der Waals surface area (Å²) in [5.74, 6) is 0.233. The fourth-order valence-corrected chi connectivity index (χ4v) is 4.28. The number of likely N-dealkylation sites (tertiary alicyclic amines) is 1. The van der Waals surface area contributed by atoms with Gasteiger partial charge in [-0.15, -0.1) is 10.2 Å². The number of carbonyl (C=O) groups excluding carboxylic acids is 1. The zero-order valence-electron chi connectivity index (χ0n) is 12.1. The van der Waals surface area contributed by atoms with Gasteiger partial charge in [-0.05, 0) is 26.7 Å². The third-order valence-corrected chi connectivity index (χ3v) is 5.33. The number of amides is 1. The zero-order valence-corrected chi connectivity index (χ0v) is 13.7. The normalized spacial score (nSPS) is 17.6. The van der Waals surface area contributed by atoms with Crippen LogP contribution in [0, 0.1) is 0 Å². The first-order valence-electron chi connectivity index (χ1n) is 7.23. The molecule has 1 saturated heterocycles. The molecule has 0 aromatic carbocycles. The number of hydrogen-bond donors (Lipinski definition) is 1. The molecule has 0 spiro atoms. The van der Waals surface area contributed by atoms with E-state index in [1.54, 1.807) is 0 Å². The molecule has 1 aliphatic heterocycles. The first kappa shape index (κ1) is 15.6. The number of rotatable bonds is 5. The van der Waals surface area contributed by atoms with Gasteiger partial charge in [0.25, 0.3) is 0 Å². The Bertz CT molecular complexity index is 430. The molecule has 2 heterocycles. The van der Waals surface area contributed by atoms with E-state index in [2.05, 4.69) is 15.5 Å². The van der Waals surface area contributed by atoms with Gasteiger partial charge in [0.2, 0.25) is 11.0 Å². The van der Waals surface area contributed by atoms with Crippen LogP contribution in [0.3, 0.4) is 0 Å². The van der Waals surface area contributed by atoms with E-state index in [0.29, 0.717) is 0 Å². The molecule has 1 atom stereocenters. The number of nitrogens with zero attached hydrogens (tertiary/aromatic N) is 3. The Labute approximate surface area is 128 Å². The van der Waals surface area contributed by atoms with Crippen molar-refractivity contribution in [2.75, 3.05) is 25.0 Å². The van der Waals surface area contributed by atoms with E-state index in [9.17, 15) is 4.79 Å². The second-order valence-corrected chi connectivity index (χ2v) is 7.47. The molecule has 5 nitrogen and oxygen atoms in total. The molecule has 2 rings (SSSR count). The van der Waals surface area contributed by atoms with Gasteiger partial charge in [0.15, 0.2) is 4.34 Å². The monoisotopic (exact) mass is 314 g/mol. The predicted octanol–water partition coefficient (Wildman–Crippen LogP) is 2.85. The van der Waals surface area contributed by atoms with Gasteiger partial charge in [0.1, 0.15) is 0 Å². The molecule has 20 heavy (non-hydrogen) atoms. The van der Waals surface area contributed by atoms with E-state index in [1.807, 2.05) is 18.7 Å². The predicted molar refractivity (Wildman–Crippen MR) is 84.4 cm³/mol. The van der Waals surface area contributed by atoms with Gasteiger partial charge in [-0.2, -0.15) is 0 Å². The first-order chi connectivity index (χ1) is 9.70. The summed E-state index contributed by atoms with van der Waals surface area (Å²) in [5, 5.41) is 12.1. The molecule has 1 aromatic heterocycles. The van der Waals surface area contributed by atoms with Crippen LogP contribution in [0.5, 0.6) is 0 Å². The second kappa shape index (κ2) is 7.83. The molecule has 1 amide bonds. The van der Waals surface area contributed by atoms with E-state index in [-0.39, 0.29) is 11.2 Å². The minimum Gasteiger partial charge on any atom is -0.360 e. The highest BCUT2D eigenvalue weighted by Gasteiger charge is 2.23. The lowest BCUT2D eigenvalue weighted by atomic mass is 10.2. The van der Waals surface area contributed by atoms with Crippen molar-refractivity contribution in [3.8, 4) is 0 Å². The Morgan fingerprint density at radius 2 is 2.05 bits per heavy atom. The summed E-state index contributed by atoms with van der Waals surface area (Å²) in [6, 6.07) is 0. The average molecular weight is 314 g/mol. The quantitative estimate of drug-likeness (QED) is 0.847. The molecule has 1 aliphatic rings. The van der Waals surface area contributed by atoms with Crippen molar-refractivity contribution in [1.82, 2.24) is 15.1 Å². The maximum atomic E-state index is 12.4. The van der Waals surface area contributed by atoms with Gasteiger partial charge in [0.05, 0.1) is 5.25 Å². The van der Waals surface area contributed by atoms with Gasteiger partial charge in [-0.25, -0.2) is 0 Å². The number of anilines is 1. The van der Waals surface area contributed by atoms with Gasteiger partial charge < -0.3 is 10.2 Å². The third kappa shape index (κ3) is 4.34. The molecule has 0 unspecified atom stereocenters. The topological polar surface area (TPSA) is 58.1 Å². The summed E-state index contributed by atoms with van der Waals surface area (Å²) in [6.45, 7) is 6.64. The van der Waals surface area contributed by atoms with Crippen LogP contribution in [-0.4, -0.2) is 45.9 Å². The van der Waals surface area contributed by atoms with Crippen molar-refractivity contribution in [1.29, 1.82) is 0 Å². The molecule has 1 N–H and O–H groups in total. The lowest BCUT2D eigenvalue weighted by Gasteiger charge is -2.23. The van der Waals surface area contributed by atoms with Crippen molar-refractivity contribution in [3.63, 3.8) is 0 Å². The highest BCUT2D eigenvalue weighted by molar-refractivity contribution is 8.02. The standard InChI is InChI=1S/C13H22N4OS2/c1-3-14-12-15-16-13(20-12)19-10(2)11(18)17-8-6-4-5-7-9-17/h10H,3-9H2,1-2H3,(H,14,15)/t10-/m1/s1. The van der Waals surface area contributed by atoms with Crippen LogP contribution >= 0.6 is 23.1 Å². The molecule has 1 fully saturated rings. The van der Waals surface area contributed by atoms with Crippen LogP contribution in [0.1, 0.15) is 39.5 Å². The highest BCUT2D eigenvalue weighted by Crippen LogP contribution is 2.29. The van der Waals surface area contributed by atoms with Gasteiger partial charge in [0, 0.05) is 19.6 Å². The van der Waals surface area contributed by atoms with Gasteiger partial charge in [-0.1, -0.05) is 35.9 Å². The van der Waals surface area contributed by atoms with E-state index in [0.717, 1.165) is 41.9 Å². The smallest absolute Gasteiger partial charge is 0.235 e. The van der Waals surface area contributed by atoms with Crippen molar-refractivity contribution < 1.29 is 4.79 Å². The van der Waals surface area contributed by atoms with Crippen molar-refractivity contribution in [2.24, 2.45) is 0 Å². The molecule has 0 saturated carbocycles. The Kier molecular flexibility index (Phi) is 6.09. The minimum atomic E-state index is -0.0875. The summed E-state index contributed by atoms with van der Waals surface area (Å²) in [7, 11) is 0. The fraction of sp³-hybridized carbons (Fsp3) is 0.769. The molecular weight excluding hydrogens is 292 g/mol. The van der Waals surface area contributed by atoms with Crippen LogP contribution in [0.4, 0.5) is 5.13 Å². The van der Waals surface area contributed by atoms with E-state index in [4.69, 9.17) is 0 Å². The Morgan fingerprint density at radius 1 is 1.35 bits per heavy atom. The second-order valence-electron chi connectivity index (χ2n) is 4.90. The molecule has 0 radical (unpaired) electrons. The number of thioether (sulfide) groups is 1. The molecule has 0 bridgehead atoms. The molecule has 112 valence electrons. The molecule has 7 heteroatoms. The maximum absolute atomic E-state index is 12.4. The molecular formula is C13H22N4OS2. The number of nitrogens with one attached hydrogen (secondary N) is 1. The Balaban J connectivity index is 1.88. The van der Waals surface area contributed by atoms with E-state index >= 15 is 0 Å². The van der Waals surface area contributed by atoms with Gasteiger partial charge in [-0.3, -0.25) is 4.79 Å². The third-order valence-electron chi connectivity index (χ3n) is 3.28. The minimum absolute atomic E-state index is 0.0875.